The van der Waals surface area contributed by atoms with Gasteiger partial charge < -0.3 is 9.64 Å². The minimum atomic E-state index is -0.288. The average molecular weight is 313 g/mol. The molecular weight excluding hydrogens is 293 g/mol. The molecule has 4 heteroatoms. The summed E-state index contributed by atoms with van der Waals surface area (Å²) in [6, 6.07) is 14.3. The molecular formula is C19H20FNO2. The van der Waals surface area contributed by atoms with Crippen LogP contribution in [-0.2, 0) is 29.0 Å². The van der Waals surface area contributed by atoms with Gasteiger partial charge in [-0.3, -0.25) is 4.79 Å². The number of benzene rings is 2. The van der Waals surface area contributed by atoms with Crippen LogP contribution in [0.1, 0.15) is 16.7 Å². The van der Waals surface area contributed by atoms with Crippen molar-refractivity contribution in [2.24, 2.45) is 0 Å². The molecule has 23 heavy (non-hydrogen) atoms. The van der Waals surface area contributed by atoms with E-state index in [0.717, 1.165) is 12.0 Å². The summed E-state index contributed by atoms with van der Waals surface area (Å²) in [7, 11) is 1.79. The van der Waals surface area contributed by atoms with Crippen LogP contribution >= 0.6 is 0 Å². The molecule has 2 aromatic rings. The van der Waals surface area contributed by atoms with E-state index < -0.39 is 0 Å². The summed E-state index contributed by atoms with van der Waals surface area (Å²) in [6.07, 6.45) is 1.12. The summed E-state index contributed by atoms with van der Waals surface area (Å²) in [5, 5.41) is 0. The highest BCUT2D eigenvalue weighted by Crippen LogP contribution is 2.20. The van der Waals surface area contributed by atoms with Crippen molar-refractivity contribution < 1.29 is 13.9 Å². The molecule has 3 nitrogen and oxygen atoms in total. The van der Waals surface area contributed by atoms with Crippen molar-refractivity contribution in [1.29, 1.82) is 0 Å². The number of likely N-dealkylation sites (N-methyl/N-ethyl adjacent to an activating group) is 1. The van der Waals surface area contributed by atoms with E-state index in [0.29, 0.717) is 13.2 Å². The number of amides is 1. The van der Waals surface area contributed by atoms with E-state index in [9.17, 15) is 9.18 Å². The summed E-state index contributed by atoms with van der Waals surface area (Å²) < 4.78 is 18.7. The first-order chi connectivity index (χ1) is 11.1. The van der Waals surface area contributed by atoms with Gasteiger partial charge in [0.2, 0.25) is 5.91 Å². The van der Waals surface area contributed by atoms with Gasteiger partial charge in [0.1, 0.15) is 5.82 Å². The zero-order valence-corrected chi connectivity index (χ0v) is 13.2. The number of halogens is 1. The highest BCUT2D eigenvalue weighted by Gasteiger charge is 2.22. The van der Waals surface area contributed by atoms with Crippen molar-refractivity contribution in [3.8, 4) is 0 Å². The number of rotatable bonds is 4. The Balaban J connectivity index is 1.56. The maximum Gasteiger partial charge on any atom is 0.226 e. The van der Waals surface area contributed by atoms with E-state index >= 15 is 0 Å². The van der Waals surface area contributed by atoms with Gasteiger partial charge in [-0.25, -0.2) is 4.39 Å². The van der Waals surface area contributed by atoms with E-state index in [1.54, 1.807) is 24.1 Å². The van der Waals surface area contributed by atoms with Crippen molar-refractivity contribution in [2.75, 3.05) is 13.6 Å². The molecule has 0 saturated carbocycles. The second-order valence-corrected chi connectivity index (χ2v) is 5.98. The fourth-order valence-corrected chi connectivity index (χ4v) is 2.85. The molecule has 0 aliphatic carbocycles. The fourth-order valence-electron chi connectivity index (χ4n) is 2.85. The molecule has 0 N–H and O–H groups in total. The van der Waals surface area contributed by atoms with E-state index in [4.69, 9.17) is 4.74 Å². The SMILES string of the molecule is CN(CC1Cc2ccccc2CO1)C(=O)Cc1ccc(F)cc1. The number of carbonyl (C=O) groups is 1. The minimum absolute atomic E-state index is 0.0130. The standard InChI is InChI=1S/C19H20FNO2/c1-21(19(22)10-14-6-8-17(20)9-7-14)12-18-11-15-4-2-3-5-16(15)13-23-18/h2-9,18H,10-13H2,1H3. The Morgan fingerprint density at radius 1 is 1.17 bits per heavy atom. The van der Waals surface area contributed by atoms with Crippen LogP contribution in [0.2, 0.25) is 0 Å². The molecule has 1 heterocycles. The molecule has 0 saturated heterocycles. The number of carbonyl (C=O) groups excluding carboxylic acids is 1. The van der Waals surface area contributed by atoms with E-state index in [-0.39, 0.29) is 24.2 Å². The van der Waals surface area contributed by atoms with Crippen LogP contribution in [0.25, 0.3) is 0 Å². The Morgan fingerprint density at radius 3 is 2.61 bits per heavy atom. The fraction of sp³-hybridized carbons (Fsp3) is 0.316. The number of nitrogens with zero attached hydrogens (tertiary/aromatic N) is 1. The third-order valence-corrected chi connectivity index (χ3v) is 4.21. The third-order valence-electron chi connectivity index (χ3n) is 4.21. The Hall–Kier alpha value is -2.20. The molecule has 2 aromatic carbocycles. The van der Waals surface area contributed by atoms with E-state index in [2.05, 4.69) is 12.1 Å². The van der Waals surface area contributed by atoms with Crippen LogP contribution in [0.5, 0.6) is 0 Å². The molecule has 1 aliphatic heterocycles. The van der Waals surface area contributed by atoms with Gasteiger partial charge in [0.25, 0.3) is 0 Å². The van der Waals surface area contributed by atoms with Gasteiger partial charge in [-0.05, 0) is 28.8 Å². The summed E-state index contributed by atoms with van der Waals surface area (Å²) in [6.45, 7) is 1.16. The summed E-state index contributed by atoms with van der Waals surface area (Å²) in [5.41, 5.74) is 3.34. The number of ether oxygens (including phenoxy) is 1. The Labute approximate surface area is 135 Å². The topological polar surface area (TPSA) is 29.5 Å². The lowest BCUT2D eigenvalue weighted by Gasteiger charge is -2.29. The Bertz CT molecular complexity index is 684. The molecule has 0 spiro atoms. The van der Waals surface area contributed by atoms with Gasteiger partial charge in [-0.15, -0.1) is 0 Å². The second kappa shape index (κ2) is 6.92. The highest BCUT2D eigenvalue weighted by molar-refractivity contribution is 5.78. The number of fused-ring (bicyclic) bond motifs is 1. The Morgan fingerprint density at radius 2 is 1.87 bits per heavy atom. The maximum atomic E-state index is 12.9. The predicted molar refractivity (Wildman–Crippen MR) is 86.5 cm³/mol. The van der Waals surface area contributed by atoms with Gasteiger partial charge in [-0.1, -0.05) is 36.4 Å². The average Bonchev–Trinajstić information content (AvgIpc) is 2.56. The van der Waals surface area contributed by atoms with Crippen LogP contribution in [0.15, 0.2) is 48.5 Å². The van der Waals surface area contributed by atoms with Gasteiger partial charge in [-0.2, -0.15) is 0 Å². The van der Waals surface area contributed by atoms with Crippen LogP contribution < -0.4 is 0 Å². The van der Waals surface area contributed by atoms with Crippen LogP contribution in [-0.4, -0.2) is 30.5 Å². The largest absolute Gasteiger partial charge is 0.371 e. The van der Waals surface area contributed by atoms with Crippen molar-refractivity contribution in [1.82, 2.24) is 4.90 Å². The van der Waals surface area contributed by atoms with E-state index in [1.807, 2.05) is 12.1 Å². The molecule has 1 aliphatic rings. The lowest BCUT2D eigenvalue weighted by Crippen LogP contribution is -2.38. The zero-order chi connectivity index (χ0) is 16.2. The normalized spacial score (nSPS) is 16.7. The van der Waals surface area contributed by atoms with Crippen molar-refractivity contribution in [2.45, 2.75) is 25.6 Å². The molecule has 0 fully saturated rings. The van der Waals surface area contributed by atoms with Gasteiger partial charge >= 0.3 is 0 Å². The first-order valence-electron chi connectivity index (χ1n) is 7.78. The summed E-state index contributed by atoms with van der Waals surface area (Å²) in [4.78, 5) is 14.0. The van der Waals surface area contributed by atoms with Crippen molar-refractivity contribution in [3.05, 3.63) is 71.0 Å². The number of hydrogen-bond acceptors (Lipinski definition) is 2. The van der Waals surface area contributed by atoms with Gasteiger partial charge in [0.05, 0.1) is 19.1 Å². The summed E-state index contributed by atoms with van der Waals surface area (Å²) >= 11 is 0. The Kier molecular flexibility index (Phi) is 4.72. The molecule has 1 atom stereocenters. The minimum Gasteiger partial charge on any atom is -0.371 e. The molecule has 0 bridgehead atoms. The number of hydrogen-bond donors (Lipinski definition) is 0. The summed E-state index contributed by atoms with van der Waals surface area (Å²) in [5.74, 6) is -0.275. The molecule has 120 valence electrons. The highest BCUT2D eigenvalue weighted by atomic mass is 19.1. The monoisotopic (exact) mass is 313 g/mol. The van der Waals surface area contributed by atoms with Crippen molar-refractivity contribution in [3.63, 3.8) is 0 Å². The van der Waals surface area contributed by atoms with Crippen molar-refractivity contribution >= 4 is 5.91 Å². The third kappa shape index (κ3) is 3.96. The first-order valence-corrected chi connectivity index (χ1v) is 7.78. The van der Waals surface area contributed by atoms with Crippen LogP contribution in [0, 0.1) is 5.82 Å². The quantitative estimate of drug-likeness (QED) is 0.868. The second-order valence-electron chi connectivity index (χ2n) is 5.98. The van der Waals surface area contributed by atoms with Gasteiger partial charge in [0, 0.05) is 20.0 Å². The van der Waals surface area contributed by atoms with Crippen LogP contribution in [0.3, 0.4) is 0 Å². The maximum absolute atomic E-state index is 12.9. The van der Waals surface area contributed by atoms with Gasteiger partial charge in [0.15, 0.2) is 0 Å². The lowest BCUT2D eigenvalue weighted by molar-refractivity contribution is -0.131. The zero-order valence-electron chi connectivity index (χ0n) is 13.2. The first kappa shape index (κ1) is 15.7. The molecule has 1 unspecified atom stereocenters. The van der Waals surface area contributed by atoms with E-state index in [1.165, 1.54) is 23.3 Å². The predicted octanol–water partition coefficient (Wildman–Crippen LogP) is 2.97. The molecule has 0 aromatic heterocycles. The smallest absolute Gasteiger partial charge is 0.226 e. The molecule has 1 amide bonds. The molecule has 3 rings (SSSR count). The van der Waals surface area contributed by atoms with Crippen LogP contribution in [0.4, 0.5) is 4.39 Å². The molecule has 0 radical (unpaired) electrons. The lowest BCUT2D eigenvalue weighted by atomic mass is 9.99.